The van der Waals surface area contributed by atoms with Gasteiger partial charge >= 0.3 is 11.9 Å². The highest BCUT2D eigenvalue weighted by Gasteiger charge is 2.30. The average Bonchev–Trinajstić information content (AvgIpc) is 3.29. The lowest BCUT2D eigenvalue weighted by atomic mass is 9.87. The van der Waals surface area contributed by atoms with E-state index < -0.39 is 11.9 Å². The zero-order valence-electron chi connectivity index (χ0n) is 19.9. The van der Waals surface area contributed by atoms with Crippen LogP contribution >= 0.6 is 0 Å². The standard InChI is InChI=1S/C27H34N2O4/c1-5-7-14-19-16(3)22(28-24(19)26(30)31)21(18-12-10-9-11-13-18)23-17(4)20(15-8-6-2)25(29-23)27(32)33/h9-13,21,28-29H,5-8,14-15H2,1-4H3,(H,30,31)(H,32,33). The minimum absolute atomic E-state index is 0.228. The fraction of sp³-hybridized carbons (Fsp3) is 0.407. The van der Waals surface area contributed by atoms with E-state index in [0.717, 1.165) is 64.9 Å². The van der Waals surface area contributed by atoms with Gasteiger partial charge in [0.05, 0.1) is 5.92 Å². The quantitative estimate of drug-likeness (QED) is 0.278. The molecule has 3 aromatic rings. The van der Waals surface area contributed by atoms with Gasteiger partial charge in [-0.2, -0.15) is 0 Å². The fourth-order valence-corrected chi connectivity index (χ4v) is 4.71. The van der Waals surface area contributed by atoms with E-state index in [0.29, 0.717) is 12.8 Å². The summed E-state index contributed by atoms with van der Waals surface area (Å²) in [6, 6.07) is 9.84. The summed E-state index contributed by atoms with van der Waals surface area (Å²) in [5, 5.41) is 19.8. The molecule has 0 aliphatic heterocycles. The highest BCUT2D eigenvalue weighted by atomic mass is 16.4. The Kier molecular flexibility index (Phi) is 7.79. The minimum Gasteiger partial charge on any atom is -0.477 e. The predicted molar refractivity (Wildman–Crippen MR) is 130 cm³/mol. The van der Waals surface area contributed by atoms with Crippen molar-refractivity contribution in [3.05, 3.63) is 80.9 Å². The molecule has 0 fully saturated rings. The van der Waals surface area contributed by atoms with E-state index in [9.17, 15) is 19.8 Å². The number of hydrogen-bond acceptors (Lipinski definition) is 2. The molecule has 176 valence electrons. The summed E-state index contributed by atoms with van der Waals surface area (Å²) in [7, 11) is 0. The first-order chi connectivity index (χ1) is 15.8. The maximum absolute atomic E-state index is 12.1. The van der Waals surface area contributed by atoms with E-state index in [1.807, 2.05) is 44.2 Å². The van der Waals surface area contributed by atoms with E-state index in [1.165, 1.54) is 0 Å². The molecule has 0 amide bonds. The number of carboxylic acids is 2. The summed E-state index contributed by atoms with van der Waals surface area (Å²) < 4.78 is 0. The Balaban J connectivity index is 2.27. The van der Waals surface area contributed by atoms with Crippen LogP contribution in [-0.4, -0.2) is 32.1 Å². The smallest absolute Gasteiger partial charge is 0.352 e. The molecule has 0 unspecified atom stereocenters. The minimum atomic E-state index is -0.972. The molecular weight excluding hydrogens is 416 g/mol. The topological polar surface area (TPSA) is 106 Å². The summed E-state index contributed by atoms with van der Waals surface area (Å²) in [6.07, 6.45) is 5.13. The lowest BCUT2D eigenvalue weighted by molar-refractivity contribution is 0.0679. The Morgan fingerprint density at radius 3 is 1.58 bits per heavy atom. The molecule has 0 bridgehead atoms. The van der Waals surface area contributed by atoms with E-state index >= 15 is 0 Å². The molecule has 0 atom stereocenters. The van der Waals surface area contributed by atoms with Gasteiger partial charge < -0.3 is 20.2 Å². The molecule has 6 nitrogen and oxygen atoms in total. The SMILES string of the molecule is CCCCc1c(C(=O)O)[nH]c(C(c2ccccc2)c2[nH]c(C(=O)O)c(CCCC)c2C)c1C. The molecule has 2 aromatic heterocycles. The number of H-pyrrole nitrogens is 2. The number of benzene rings is 1. The maximum atomic E-state index is 12.1. The first kappa shape index (κ1) is 24.4. The van der Waals surface area contributed by atoms with Crippen molar-refractivity contribution in [2.24, 2.45) is 0 Å². The van der Waals surface area contributed by atoms with Crippen molar-refractivity contribution in [1.29, 1.82) is 0 Å². The third-order valence-corrected chi connectivity index (χ3v) is 6.53. The van der Waals surface area contributed by atoms with Crippen molar-refractivity contribution in [3.63, 3.8) is 0 Å². The van der Waals surface area contributed by atoms with Gasteiger partial charge in [0.15, 0.2) is 0 Å². The Bertz CT molecular complexity index is 1050. The van der Waals surface area contributed by atoms with E-state index in [1.54, 1.807) is 0 Å². The second kappa shape index (κ2) is 10.6. The van der Waals surface area contributed by atoms with Crippen molar-refractivity contribution < 1.29 is 19.8 Å². The van der Waals surface area contributed by atoms with Gasteiger partial charge in [-0.15, -0.1) is 0 Å². The number of aromatic nitrogens is 2. The molecule has 3 rings (SSSR count). The number of hydrogen-bond donors (Lipinski definition) is 4. The van der Waals surface area contributed by atoms with Gasteiger partial charge in [0.1, 0.15) is 11.4 Å². The maximum Gasteiger partial charge on any atom is 0.352 e. The largest absolute Gasteiger partial charge is 0.477 e. The van der Waals surface area contributed by atoms with Crippen molar-refractivity contribution in [2.45, 2.75) is 72.1 Å². The zero-order valence-corrected chi connectivity index (χ0v) is 19.9. The highest BCUT2D eigenvalue weighted by Crippen LogP contribution is 2.38. The van der Waals surface area contributed by atoms with E-state index in [4.69, 9.17) is 0 Å². The number of aromatic carboxylic acids is 2. The molecule has 0 radical (unpaired) electrons. The van der Waals surface area contributed by atoms with Crippen LogP contribution in [-0.2, 0) is 12.8 Å². The lowest BCUT2D eigenvalue weighted by Gasteiger charge is -2.19. The van der Waals surface area contributed by atoms with Crippen LogP contribution in [0.15, 0.2) is 30.3 Å². The Morgan fingerprint density at radius 1 is 0.788 bits per heavy atom. The summed E-state index contributed by atoms with van der Waals surface area (Å²) in [6.45, 7) is 8.11. The Hall–Kier alpha value is -3.28. The molecule has 2 heterocycles. The second-order valence-electron chi connectivity index (χ2n) is 8.70. The van der Waals surface area contributed by atoms with Crippen LogP contribution in [0.5, 0.6) is 0 Å². The van der Waals surface area contributed by atoms with Gasteiger partial charge in [-0.3, -0.25) is 0 Å². The van der Waals surface area contributed by atoms with E-state index in [-0.39, 0.29) is 17.3 Å². The zero-order chi connectivity index (χ0) is 24.1. The highest BCUT2D eigenvalue weighted by molar-refractivity contribution is 5.89. The number of aromatic amines is 2. The predicted octanol–water partition coefficient (Wildman–Crippen LogP) is 6.22. The Morgan fingerprint density at radius 2 is 1.21 bits per heavy atom. The molecule has 0 spiro atoms. The van der Waals surface area contributed by atoms with Gasteiger partial charge in [0, 0.05) is 11.4 Å². The van der Waals surface area contributed by atoms with Gasteiger partial charge in [-0.1, -0.05) is 57.0 Å². The van der Waals surface area contributed by atoms with Crippen LogP contribution in [0.3, 0.4) is 0 Å². The van der Waals surface area contributed by atoms with Gasteiger partial charge in [-0.25, -0.2) is 9.59 Å². The van der Waals surface area contributed by atoms with Crippen molar-refractivity contribution in [1.82, 2.24) is 9.97 Å². The third-order valence-electron chi connectivity index (χ3n) is 6.53. The molecule has 1 aromatic carbocycles. The van der Waals surface area contributed by atoms with Gasteiger partial charge in [-0.05, 0) is 67.3 Å². The number of rotatable bonds is 11. The lowest BCUT2D eigenvalue weighted by Crippen LogP contribution is -2.09. The van der Waals surface area contributed by atoms with Crippen LogP contribution in [0.1, 0.15) is 106 Å². The first-order valence-corrected chi connectivity index (χ1v) is 11.8. The number of carboxylic acid groups (broad SMARTS) is 2. The van der Waals surface area contributed by atoms with Crippen LogP contribution in [0.2, 0.25) is 0 Å². The molecule has 0 saturated heterocycles. The van der Waals surface area contributed by atoms with Crippen molar-refractivity contribution in [3.8, 4) is 0 Å². The van der Waals surface area contributed by atoms with E-state index in [2.05, 4.69) is 23.8 Å². The summed E-state index contributed by atoms with van der Waals surface area (Å²) in [4.78, 5) is 30.6. The third kappa shape index (κ3) is 4.90. The number of nitrogens with one attached hydrogen (secondary N) is 2. The normalized spacial score (nSPS) is 11.3. The summed E-state index contributed by atoms with van der Waals surface area (Å²) in [5.74, 6) is -2.27. The van der Waals surface area contributed by atoms with Crippen LogP contribution in [0, 0.1) is 13.8 Å². The molecule has 0 saturated carbocycles. The molecular formula is C27H34N2O4. The summed E-state index contributed by atoms with van der Waals surface area (Å²) >= 11 is 0. The Labute approximate surface area is 195 Å². The van der Waals surface area contributed by atoms with Crippen molar-refractivity contribution >= 4 is 11.9 Å². The molecule has 0 aliphatic carbocycles. The number of carbonyl (C=O) groups is 2. The fourth-order valence-electron chi connectivity index (χ4n) is 4.71. The monoisotopic (exact) mass is 450 g/mol. The van der Waals surface area contributed by atoms with Crippen molar-refractivity contribution in [2.75, 3.05) is 0 Å². The molecule has 6 heteroatoms. The van der Waals surface area contributed by atoms with Crippen LogP contribution in [0.25, 0.3) is 0 Å². The average molecular weight is 451 g/mol. The number of unbranched alkanes of at least 4 members (excludes halogenated alkanes) is 2. The summed E-state index contributed by atoms with van der Waals surface area (Å²) in [5.41, 5.74) is 6.54. The van der Waals surface area contributed by atoms with Gasteiger partial charge in [0.2, 0.25) is 0 Å². The van der Waals surface area contributed by atoms with Crippen LogP contribution in [0.4, 0.5) is 0 Å². The van der Waals surface area contributed by atoms with Gasteiger partial charge in [0.25, 0.3) is 0 Å². The van der Waals surface area contributed by atoms with Crippen LogP contribution < -0.4 is 0 Å². The molecule has 0 aliphatic rings. The molecule has 4 N–H and O–H groups in total. The first-order valence-electron chi connectivity index (χ1n) is 11.8. The molecule has 33 heavy (non-hydrogen) atoms. The second-order valence-corrected chi connectivity index (χ2v) is 8.70.